The van der Waals surface area contributed by atoms with Gasteiger partial charge in [0.15, 0.2) is 0 Å². The molecule has 0 spiro atoms. The molecule has 27 heavy (non-hydrogen) atoms. The molecule has 5 nitrogen and oxygen atoms in total. The lowest BCUT2D eigenvalue weighted by Gasteiger charge is -2.32. The molecular weight excluding hydrogens is 398 g/mol. The SMILES string of the molecule is O=C(c1cc(F)ccc1F)N1CCC(NS(=O)(=O)c2ccc(Cl)cc2)CC1. The fourth-order valence-electron chi connectivity index (χ4n) is 2.93. The first-order valence-electron chi connectivity index (χ1n) is 8.28. The summed E-state index contributed by atoms with van der Waals surface area (Å²) in [6, 6.07) is 8.18. The van der Waals surface area contributed by atoms with Gasteiger partial charge in [-0.3, -0.25) is 4.79 Å². The van der Waals surface area contributed by atoms with Gasteiger partial charge in [0.1, 0.15) is 11.6 Å². The summed E-state index contributed by atoms with van der Waals surface area (Å²) in [4.78, 5) is 13.9. The van der Waals surface area contributed by atoms with Crippen LogP contribution in [0, 0.1) is 11.6 Å². The minimum absolute atomic E-state index is 0.104. The van der Waals surface area contributed by atoms with Crippen LogP contribution in [0.3, 0.4) is 0 Å². The Labute approximate surface area is 161 Å². The summed E-state index contributed by atoms with van der Waals surface area (Å²) >= 11 is 5.77. The number of likely N-dealkylation sites (tertiary alicyclic amines) is 1. The van der Waals surface area contributed by atoms with Gasteiger partial charge >= 0.3 is 0 Å². The van der Waals surface area contributed by atoms with Gasteiger partial charge in [-0.1, -0.05) is 11.6 Å². The van der Waals surface area contributed by atoms with Crippen LogP contribution in [0.4, 0.5) is 8.78 Å². The lowest BCUT2D eigenvalue weighted by Crippen LogP contribution is -2.46. The highest BCUT2D eigenvalue weighted by atomic mass is 35.5. The highest BCUT2D eigenvalue weighted by molar-refractivity contribution is 7.89. The van der Waals surface area contributed by atoms with E-state index in [-0.39, 0.29) is 29.6 Å². The predicted molar refractivity (Wildman–Crippen MR) is 97.1 cm³/mol. The molecule has 1 aliphatic rings. The van der Waals surface area contributed by atoms with Crippen LogP contribution in [-0.2, 0) is 10.0 Å². The van der Waals surface area contributed by atoms with Gasteiger partial charge in [-0.15, -0.1) is 0 Å². The van der Waals surface area contributed by atoms with Crippen molar-refractivity contribution < 1.29 is 22.0 Å². The third kappa shape index (κ3) is 4.63. The Morgan fingerprint density at radius 3 is 2.33 bits per heavy atom. The van der Waals surface area contributed by atoms with E-state index in [1.807, 2.05) is 0 Å². The molecule has 0 bridgehead atoms. The van der Waals surface area contributed by atoms with Crippen molar-refractivity contribution in [2.45, 2.75) is 23.8 Å². The highest BCUT2D eigenvalue weighted by Crippen LogP contribution is 2.19. The number of carbonyl (C=O) groups is 1. The molecule has 0 aliphatic carbocycles. The zero-order valence-electron chi connectivity index (χ0n) is 14.2. The number of hydrogen-bond donors (Lipinski definition) is 1. The molecule has 0 atom stereocenters. The minimum Gasteiger partial charge on any atom is -0.338 e. The first-order valence-corrected chi connectivity index (χ1v) is 10.1. The van der Waals surface area contributed by atoms with E-state index in [0.717, 1.165) is 18.2 Å². The maximum absolute atomic E-state index is 13.8. The topological polar surface area (TPSA) is 66.5 Å². The van der Waals surface area contributed by atoms with Crippen molar-refractivity contribution in [1.29, 1.82) is 0 Å². The molecule has 9 heteroatoms. The van der Waals surface area contributed by atoms with Crippen LogP contribution in [0.5, 0.6) is 0 Å². The van der Waals surface area contributed by atoms with Crippen LogP contribution in [0.25, 0.3) is 0 Å². The summed E-state index contributed by atoms with van der Waals surface area (Å²) in [5.74, 6) is -2.08. The summed E-state index contributed by atoms with van der Waals surface area (Å²) in [6.45, 7) is 0.477. The van der Waals surface area contributed by atoms with Crippen molar-refractivity contribution in [3.05, 3.63) is 64.7 Å². The van der Waals surface area contributed by atoms with E-state index >= 15 is 0 Å². The largest absolute Gasteiger partial charge is 0.338 e. The smallest absolute Gasteiger partial charge is 0.256 e. The molecule has 3 rings (SSSR count). The Balaban J connectivity index is 1.62. The van der Waals surface area contributed by atoms with Crippen LogP contribution in [0.15, 0.2) is 47.4 Å². The maximum atomic E-state index is 13.8. The van der Waals surface area contributed by atoms with E-state index in [0.29, 0.717) is 17.9 Å². The van der Waals surface area contributed by atoms with Crippen LogP contribution >= 0.6 is 11.6 Å². The van der Waals surface area contributed by atoms with Crippen molar-refractivity contribution in [2.75, 3.05) is 13.1 Å². The molecule has 1 aliphatic heterocycles. The highest BCUT2D eigenvalue weighted by Gasteiger charge is 2.28. The maximum Gasteiger partial charge on any atom is 0.256 e. The number of hydrogen-bond acceptors (Lipinski definition) is 3. The van der Waals surface area contributed by atoms with E-state index < -0.39 is 27.6 Å². The average Bonchev–Trinajstić information content (AvgIpc) is 2.64. The Kier molecular flexibility index (Phi) is 5.78. The van der Waals surface area contributed by atoms with Gasteiger partial charge in [-0.25, -0.2) is 21.9 Å². The Bertz CT molecular complexity index is 944. The number of amides is 1. The van der Waals surface area contributed by atoms with Gasteiger partial charge in [0.05, 0.1) is 10.5 Å². The Hall–Kier alpha value is -2.03. The fourth-order valence-corrected chi connectivity index (χ4v) is 4.36. The average molecular weight is 415 g/mol. The zero-order chi connectivity index (χ0) is 19.6. The number of nitrogens with zero attached hydrogens (tertiary/aromatic N) is 1. The summed E-state index contributed by atoms with van der Waals surface area (Å²) in [5.41, 5.74) is -0.324. The molecule has 2 aromatic rings. The second kappa shape index (κ2) is 7.92. The molecule has 0 radical (unpaired) electrons. The number of nitrogens with one attached hydrogen (secondary N) is 1. The molecule has 1 heterocycles. The third-order valence-electron chi connectivity index (χ3n) is 4.39. The quantitative estimate of drug-likeness (QED) is 0.835. The van der Waals surface area contributed by atoms with Crippen LogP contribution in [0.2, 0.25) is 5.02 Å². The molecule has 0 unspecified atom stereocenters. The molecule has 144 valence electrons. The van der Waals surface area contributed by atoms with Gasteiger partial charge in [-0.05, 0) is 55.3 Å². The molecular formula is C18H17ClF2N2O3S. The number of benzene rings is 2. The van der Waals surface area contributed by atoms with Crippen LogP contribution in [0.1, 0.15) is 23.2 Å². The summed E-state index contributed by atoms with van der Waals surface area (Å²) in [5, 5.41) is 0.436. The van der Waals surface area contributed by atoms with Gasteiger partial charge < -0.3 is 4.90 Å². The lowest BCUT2D eigenvalue weighted by molar-refractivity contribution is 0.0706. The van der Waals surface area contributed by atoms with Crippen molar-refractivity contribution in [3.8, 4) is 0 Å². The summed E-state index contributed by atoms with van der Waals surface area (Å²) < 4.78 is 54.5. The fraction of sp³-hybridized carbons (Fsp3) is 0.278. The van der Waals surface area contributed by atoms with Crippen molar-refractivity contribution in [3.63, 3.8) is 0 Å². The first-order chi connectivity index (χ1) is 12.8. The minimum atomic E-state index is -3.70. The summed E-state index contributed by atoms with van der Waals surface area (Å²) in [7, 11) is -3.70. The van der Waals surface area contributed by atoms with Crippen molar-refractivity contribution in [1.82, 2.24) is 9.62 Å². The Morgan fingerprint density at radius 2 is 1.70 bits per heavy atom. The number of sulfonamides is 1. The van der Waals surface area contributed by atoms with Gasteiger partial charge in [0.2, 0.25) is 10.0 Å². The number of rotatable bonds is 4. The van der Waals surface area contributed by atoms with Gasteiger partial charge in [-0.2, -0.15) is 0 Å². The second-order valence-electron chi connectivity index (χ2n) is 6.27. The molecule has 1 amide bonds. The van der Waals surface area contributed by atoms with E-state index in [1.54, 1.807) is 0 Å². The van der Waals surface area contributed by atoms with E-state index in [1.165, 1.54) is 29.2 Å². The molecule has 2 aromatic carbocycles. The molecule has 1 N–H and O–H groups in total. The van der Waals surface area contributed by atoms with Gasteiger partial charge in [0, 0.05) is 24.2 Å². The van der Waals surface area contributed by atoms with E-state index in [9.17, 15) is 22.0 Å². The lowest BCUT2D eigenvalue weighted by atomic mass is 10.0. The molecule has 0 aromatic heterocycles. The molecule has 0 saturated carbocycles. The predicted octanol–water partition coefficient (Wildman–Crippen LogP) is 3.20. The zero-order valence-corrected chi connectivity index (χ0v) is 15.7. The normalized spacial score (nSPS) is 15.7. The Morgan fingerprint density at radius 1 is 1.07 bits per heavy atom. The van der Waals surface area contributed by atoms with Crippen molar-refractivity contribution in [2.24, 2.45) is 0 Å². The van der Waals surface area contributed by atoms with Crippen molar-refractivity contribution >= 4 is 27.5 Å². The third-order valence-corrected chi connectivity index (χ3v) is 6.18. The van der Waals surface area contributed by atoms with Crippen LogP contribution < -0.4 is 4.72 Å². The standard InChI is InChI=1S/C18H17ClF2N2O3S/c19-12-1-4-15(5-2-12)27(25,26)22-14-7-9-23(10-8-14)18(24)16-11-13(20)3-6-17(16)21/h1-6,11,14,22H,7-10H2. The van der Waals surface area contributed by atoms with Gasteiger partial charge in [0.25, 0.3) is 5.91 Å². The number of halogens is 3. The second-order valence-corrected chi connectivity index (χ2v) is 8.42. The first kappa shape index (κ1) is 19.7. The summed E-state index contributed by atoms with van der Waals surface area (Å²) in [6.07, 6.45) is 0.741. The molecule has 1 saturated heterocycles. The number of piperidine rings is 1. The molecule has 1 fully saturated rings. The van der Waals surface area contributed by atoms with E-state index in [2.05, 4.69) is 4.72 Å². The monoisotopic (exact) mass is 414 g/mol. The number of carbonyl (C=O) groups excluding carboxylic acids is 1. The van der Waals surface area contributed by atoms with E-state index in [4.69, 9.17) is 11.6 Å². The van der Waals surface area contributed by atoms with Crippen LogP contribution in [-0.4, -0.2) is 38.4 Å².